The average molecular weight is 399 g/mol. The van der Waals surface area contributed by atoms with Crippen molar-refractivity contribution >= 4 is 23.0 Å². The zero-order valence-corrected chi connectivity index (χ0v) is 16.1. The van der Waals surface area contributed by atoms with Crippen LogP contribution in [0, 0.1) is 0 Å². The fourth-order valence-electron chi connectivity index (χ4n) is 3.42. The minimum absolute atomic E-state index is 0.354. The number of aliphatic hydroxyl groups excluding tert-OH is 1. The molecule has 0 saturated carbocycles. The number of para-hydroxylation sites is 2. The van der Waals surface area contributed by atoms with Crippen LogP contribution in [0.25, 0.3) is 28.5 Å². The quantitative estimate of drug-likeness (QED) is 0.260. The van der Waals surface area contributed by atoms with Crippen LogP contribution in [0.15, 0.2) is 84.9 Å². The van der Waals surface area contributed by atoms with Crippen LogP contribution in [0.2, 0.25) is 0 Å². The minimum Gasteiger partial charge on any atom is -0.387 e. The van der Waals surface area contributed by atoms with Crippen LogP contribution in [0.5, 0.6) is 0 Å². The monoisotopic (exact) mass is 399 g/mol. The standard InChI is InChI=1S/C24H21N3O3/c28-22(18-8-2-1-3-9-18)16-27-21-12-5-4-11-20(21)25-24(27)19-10-6-7-17(15-19)13-14-23(29)26-30/h1-15,22,28,30H,16H2,(H,26,29)/b14-13+/t22-/m0/s1. The highest BCUT2D eigenvalue weighted by atomic mass is 16.5. The molecule has 3 N–H and O–H groups in total. The number of carbonyl (C=O) groups excluding carboxylic acids is 1. The Morgan fingerprint density at radius 2 is 1.80 bits per heavy atom. The molecule has 0 saturated heterocycles. The Bertz CT molecular complexity index is 1200. The van der Waals surface area contributed by atoms with Crippen LogP contribution >= 0.6 is 0 Å². The molecule has 4 aromatic rings. The number of carbonyl (C=O) groups is 1. The van der Waals surface area contributed by atoms with Crippen LogP contribution in [0.4, 0.5) is 0 Å². The maximum Gasteiger partial charge on any atom is 0.267 e. The topological polar surface area (TPSA) is 87.4 Å². The predicted molar refractivity (Wildman–Crippen MR) is 116 cm³/mol. The van der Waals surface area contributed by atoms with Gasteiger partial charge in [0, 0.05) is 11.6 Å². The van der Waals surface area contributed by atoms with E-state index in [0.29, 0.717) is 6.54 Å². The number of hydroxylamine groups is 1. The van der Waals surface area contributed by atoms with Gasteiger partial charge in [0.15, 0.2) is 0 Å². The normalized spacial score (nSPS) is 12.3. The maximum atomic E-state index is 11.3. The Kier molecular flexibility index (Phi) is 5.70. The number of imidazole rings is 1. The summed E-state index contributed by atoms with van der Waals surface area (Å²) in [7, 11) is 0. The molecule has 4 rings (SSSR count). The highest BCUT2D eigenvalue weighted by Gasteiger charge is 2.16. The first-order valence-electron chi connectivity index (χ1n) is 9.56. The zero-order valence-electron chi connectivity index (χ0n) is 16.1. The second-order valence-corrected chi connectivity index (χ2v) is 6.90. The van der Waals surface area contributed by atoms with Gasteiger partial charge in [0.1, 0.15) is 5.82 Å². The number of fused-ring (bicyclic) bond motifs is 1. The van der Waals surface area contributed by atoms with Crippen molar-refractivity contribution in [3.05, 3.63) is 96.1 Å². The molecule has 6 nitrogen and oxygen atoms in total. The molecule has 150 valence electrons. The molecule has 0 aliphatic carbocycles. The summed E-state index contributed by atoms with van der Waals surface area (Å²) >= 11 is 0. The lowest BCUT2D eigenvalue weighted by molar-refractivity contribution is -0.124. The van der Waals surface area contributed by atoms with Crippen molar-refractivity contribution in [2.24, 2.45) is 0 Å². The number of aromatic nitrogens is 2. The first kappa shape index (κ1) is 19.6. The number of benzene rings is 3. The number of aliphatic hydroxyl groups is 1. The molecule has 1 atom stereocenters. The van der Waals surface area contributed by atoms with E-state index in [1.807, 2.05) is 83.4 Å². The van der Waals surface area contributed by atoms with Crippen LogP contribution in [0.1, 0.15) is 17.2 Å². The lowest BCUT2D eigenvalue weighted by atomic mass is 10.1. The van der Waals surface area contributed by atoms with E-state index in [0.717, 1.165) is 33.5 Å². The molecular formula is C24H21N3O3. The van der Waals surface area contributed by atoms with Crippen molar-refractivity contribution in [3.8, 4) is 11.4 Å². The highest BCUT2D eigenvalue weighted by Crippen LogP contribution is 2.28. The molecule has 0 spiro atoms. The van der Waals surface area contributed by atoms with Gasteiger partial charge in [0.25, 0.3) is 5.91 Å². The number of amides is 1. The van der Waals surface area contributed by atoms with E-state index in [1.54, 1.807) is 11.6 Å². The van der Waals surface area contributed by atoms with Gasteiger partial charge in [-0.05, 0) is 35.4 Å². The van der Waals surface area contributed by atoms with Crippen molar-refractivity contribution < 1.29 is 15.1 Å². The summed E-state index contributed by atoms with van der Waals surface area (Å²) in [6.07, 6.45) is 2.18. The Morgan fingerprint density at radius 3 is 2.60 bits per heavy atom. The van der Waals surface area contributed by atoms with E-state index >= 15 is 0 Å². The van der Waals surface area contributed by atoms with Crippen LogP contribution < -0.4 is 5.48 Å². The number of nitrogens with zero attached hydrogens (tertiary/aromatic N) is 2. The van der Waals surface area contributed by atoms with E-state index in [2.05, 4.69) is 0 Å². The van der Waals surface area contributed by atoms with Gasteiger partial charge in [-0.15, -0.1) is 0 Å². The second kappa shape index (κ2) is 8.73. The second-order valence-electron chi connectivity index (χ2n) is 6.90. The number of nitrogens with one attached hydrogen (secondary N) is 1. The summed E-state index contributed by atoms with van der Waals surface area (Å²) < 4.78 is 2.01. The van der Waals surface area contributed by atoms with Crippen molar-refractivity contribution in [1.29, 1.82) is 0 Å². The van der Waals surface area contributed by atoms with Gasteiger partial charge >= 0.3 is 0 Å². The first-order chi connectivity index (χ1) is 14.7. The molecule has 3 aromatic carbocycles. The van der Waals surface area contributed by atoms with Crippen molar-refractivity contribution in [2.75, 3.05) is 0 Å². The minimum atomic E-state index is -0.682. The molecule has 1 heterocycles. The SMILES string of the molecule is O=C(/C=C/c1cccc(-c2nc3ccccc3n2C[C@H](O)c2ccccc2)c1)NO. The van der Waals surface area contributed by atoms with E-state index < -0.39 is 12.0 Å². The van der Waals surface area contributed by atoms with Crippen molar-refractivity contribution in [3.63, 3.8) is 0 Å². The Labute approximate surface area is 173 Å². The molecule has 0 unspecified atom stereocenters. The van der Waals surface area contributed by atoms with Crippen LogP contribution in [-0.2, 0) is 11.3 Å². The van der Waals surface area contributed by atoms with Crippen molar-refractivity contribution in [1.82, 2.24) is 15.0 Å². The zero-order chi connectivity index (χ0) is 20.9. The van der Waals surface area contributed by atoms with Crippen LogP contribution in [-0.4, -0.2) is 25.8 Å². The Balaban J connectivity index is 1.75. The van der Waals surface area contributed by atoms with Gasteiger partial charge < -0.3 is 9.67 Å². The largest absolute Gasteiger partial charge is 0.387 e. The van der Waals surface area contributed by atoms with Gasteiger partial charge in [-0.2, -0.15) is 0 Å². The number of hydrogen-bond acceptors (Lipinski definition) is 4. The van der Waals surface area contributed by atoms with E-state index in [-0.39, 0.29) is 0 Å². The molecule has 0 fully saturated rings. The maximum absolute atomic E-state index is 11.3. The number of hydrogen-bond donors (Lipinski definition) is 3. The molecular weight excluding hydrogens is 378 g/mol. The fourth-order valence-corrected chi connectivity index (χ4v) is 3.42. The third-order valence-electron chi connectivity index (χ3n) is 4.88. The molecule has 0 aliphatic heterocycles. The molecule has 0 radical (unpaired) electrons. The molecule has 0 bridgehead atoms. The molecule has 1 amide bonds. The first-order valence-corrected chi connectivity index (χ1v) is 9.56. The van der Waals surface area contributed by atoms with Crippen molar-refractivity contribution in [2.45, 2.75) is 12.6 Å². The summed E-state index contributed by atoms with van der Waals surface area (Å²) in [4.78, 5) is 16.1. The summed E-state index contributed by atoms with van der Waals surface area (Å²) in [5.41, 5.74) is 5.84. The average Bonchev–Trinajstić information content (AvgIpc) is 3.16. The van der Waals surface area contributed by atoms with Gasteiger partial charge in [-0.3, -0.25) is 10.0 Å². The summed E-state index contributed by atoms with van der Waals surface area (Å²) in [5, 5.41) is 19.5. The lowest BCUT2D eigenvalue weighted by Gasteiger charge is -2.15. The molecule has 6 heteroatoms. The fraction of sp³-hybridized carbons (Fsp3) is 0.0833. The summed E-state index contributed by atoms with van der Waals surface area (Å²) in [6.45, 7) is 0.354. The van der Waals surface area contributed by atoms with E-state index in [4.69, 9.17) is 10.2 Å². The van der Waals surface area contributed by atoms with Crippen LogP contribution in [0.3, 0.4) is 0 Å². The third-order valence-corrected chi connectivity index (χ3v) is 4.88. The Morgan fingerprint density at radius 1 is 1.03 bits per heavy atom. The smallest absolute Gasteiger partial charge is 0.267 e. The van der Waals surface area contributed by atoms with Gasteiger partial charge in [0.05, 0.1) is 23.7 Å². The summed E-state index contributed by atoms with van der Waals surface area (Å²) in [5.74, 6) is 0.131. The predicted octanol–water partition coefficient (Wildman–Crippen LogP) is 3.96. The third kappa shape index (κ3) is 4.15. The molecule has 1 aromatic heterocycles. The Hall–Kier alpha value is -3.74. The molecule has 0 aliphatic rings. The number of rotatable bonds is 6. The molecule has 30 heavy (non-hydrogen) atoms. The lowest BCUT2D eigenvalue weighted by Crippen LogP contribution is -2.14. The van der Waals surface area contributed by atoms with E-state index in [1.165, 1.54) is 6.08 Å². The highest BCUT2D eigenvalue weighted by molar-refractivity contribution is 5.91. The van der Waals surface area contributed by atoms with E-state index in [9.17, 15) is 9.90 Å². The summed E-state index contributed by atoms with van der Waals surface area (Å²) in [6, 6.07) is 24.9. The van der Waals surface area contributed by atoms with Gasteiger partial charge in [-0.1, -0.05) is 60.7 Å². The van der Waals surface area contributed by atoms with Gasteiger partial charge in [0.2, 0.25) is 0 Å². The van der Waals surface area contributed by atoms with Gasteiger partial charge in [-0.25, -0.2) is 10.5 Å².